The van der Waals surface area contributed by atoms with Crippen molar-refractivity contribution in [1.82, 2.24) is 14.9 Å². The molecule has 0 radical (unpaired) electrons. The van der Waals surface area contributed by atoms with Crippen LogP contribution in [0.2, 0.25) is 0 Å². The van der Waals surface area contributed by atoms with E-state index >= 15 is 0 Å². The Morgan fingerprint density at radius 1 is 1.04 bits per heavy atom. The summed E-state index contributed by atoms with van der Waals surface area (Å²) in [5.74, 6) is 0.454. The van der Waals surface area contributed by atoms with Gasteiger partial charge in [0.2, 0.25) is 0 Å². The van der Waals surface area contributed by atoms with E-state index in [0.717, 1.165) is 31.5 Å². The molecule has 1 saturated heterocycles. The van der Waals surface area contributed by atoms with Gasteiger partial charge in [0, 0.05) is 18.2 Å². The van der Waals surface area contributed by atoms with E-state index in [1.54, 1.807) is 0 Å². The van der Waals surface area contributed by atoms with E-state index in [0.29, 0.717) is 5.82 Å². The van der Waals surface area contributed by atoms with Gasteiger partial charge < -0.3 is 10.6 Å². The Morgan fingerprint density at radius 2 is 1.78 bits per heavy atom. The minimum absolute atomic E-state index is 0.0329. The molecule has 0 aliphatic carbocycles. The van der Waals surface area contributed by atoms with Crippen LogP contribution in [0.3, 0.4) is 0 Å². The SMILES string of the molecule is C[C@H](Nc1cc(=O)n(C2CCNCC2)c(=O)[nH]1)c1ccc2ccccc2c1. The molecule has 3 N–H and O–H groups in total. The fourth-order valence-electron chi connectivity index (χ4n) is 3.79. The Labute approximate surface area is 157 Å². The molecule has 0 bridgehead atoms. The lowest BCUT2D eigenvalue weighted by atomic mass is 10.0. The molecule has 0 saturated carbocycles. The summed E-state index contributed by atoms with van der Waals surface area (Å²) in [4.78, 5) is 27.9. The summed E-state index contributed by atoms with van der Waals surface area (Å²) in [6.07, 6.45) is 1.59. The highest BCUT2D eigenvalue weighted by atomic mass is 16.2. The molecule has 1 atom stereocenters. The number of benzene rings is 2. The Hall–Kier alpha value is -2.86. The highest BCUT2D eigenvalue weighted by molar-refractivity contribution is 5.83. The molecule has 6 nitrogen and oxygen atoms in total. The number of rotatable bonds is 4. The zero-order valence-electron chi connectivity index (χ0n) is 15.4. The third-order valence-corrected chi connectivity index (χ3v) is 5.29. The van der Waals surface area contributed by atoms with Crippen LogP contribution >= 0.6 is 0 Å². The lowest BCUT2D eigenvalue weighted by Gasteiger charge is -2.24. The van der Waals surface area contributed by atoms with Gasteiger partial charge in [0.1, 0.15) is 5.82 Å². The number of nitrogens with zero attached hydrogens (tertiary/aromatic N) is 1. The van der Waals surface area contributed by atoms with Gasteiger partial charge in [-0.2, -0.15) is 0 Å². The maximum atomic E-state index is 12.5. The van der Waals surface area contributed by atoms with Crippen molar-refractivity contribution in [3.63, 3.8) is 0 Å². The molecule has 0 spiro atoms. The lowest BCUT2D eigenvalue weighted by molar-refractivity contribution is 0.350. The number of nitrogens with one attached hydrogen (secondary N) is 3. The Bertz CT molecular complexity index is 1030. The predicted octanol–water partition coefficient (Wildman–Crippen LogP) is 2.79. The number of hydrogen-bond acceptors (Lipinski definition) is 4. The number of piperidine rings is 1. The van der Waals surface area contributed by atoms with E-state index < -0.39 is 0 Å². The Kier molecular flexibility index (Phi) is 4.81. The molecule has 6 heteroatoms. The van der Waals surface area contributed by atoms with Crippen LogP contribution in [0.4, 0.5) is 5.82 Å². The summed E-state index contributed by atoms with van der Waals surface area (Å²) in [7, 11) is 0. The number of aromatic nitrogens is 2. The van der Waals surface area contributed by atoms with E-state index in [9.17, 15) is 9.59 Å². The molecule has 1 aromatic heterocycles. The highest BCUT2D eigenvalue weighted by Gasteiger charge is 2.19. The van der Waals surface area contributed by atoms with Gasteiger partial charge in [0.25, 0.3) is 5.56 Å². The van der Waals surface area contributed by atoms with Gasteiger partial charge in [-0.1, -0.05) is 36.4 Å². The van der Waals surface area contributed by atoms with Crippen molar-refractivity contribution < 1.29 is 0 Å². The quantitative estimate of drug-likeness (QED) is 0.665. The zero-order chi connectivity index (χ0) is 18.8. The van der Waals surface area contributed by atoms with Crippen molar-refractivity contribution in [2.75, 3.05) is 18.4 Å². The largest absolute Gasteiger partial charge is 0.365 e. The van der Waals surface area contributed by atoms with Crippen LogP contribution < -0.4 is 21.9 Å². The van der Waals surface area contributed by atoms with Crippen molar-refractivity contribution in [3.05, 3.63) is 74.9 Å². The second-order valence-electron chi connectivity index (χ2n) is 7.15. The number of hydrogen-bond donors (Lipinski definition) is 3. The predicted molar refractivity (Wildman–Crippen MR) is 108 cm³/mol. The maximum absolute atomic E-state index is 12.5. The van der Waals surface area contributed by atoms with Crippen LogP contribution in [-0.4, -0.2) is 22.6 Å². The number of anilines is 1. The van der Waals surface area contributed by atoms with E-state index in [1.165, 1.54) is 21.4 Å². The molecule has 0 unspecified atom stereocenters. The topological polar surface area (TPSA) is 78.9 Å². The van der Waals surface area contributed by atoms with Crippen molar-refractivity contribution in [2.24, 2.45) is 0 Å². The minimum Gasteiger partial charge on any atom is -0.365 e. The van der Waals surface area contributed by atoms with Crippen molar-refractivity contribution >= 4 is 16.6 Å². The van der Waals surface area contributed by atoms with Crippen molar-refractivity contribution in [2.45, 2.75) is 31.8 Å². The first kappa shape index (κ1) is 17.5. The number of fused-ring (bicyclic) bond motifs is 1. The first-order valence-corrected chi connectivity index (χ1v) is 9.43. The average molecular weight is 364 g/mol. The van der Waals surface area contributed by atoms with Gasteiger partial charge in [-0.3, -0.25) is 14.3 Å². The summed E-state index contributed by atoms with van der Waals surface area (Å²) >= 11 is 0. The molecule has 27 heavy (non-hydrogen) atoms. The number of H-pyrrole nitrogens is 1. The normalized spacial score (nSPS) is 16.3. The van der Waals surface area contributed by atoms with E-state index in [4.69, 9.17) is 0 Å². The molecule has 2 heterocycles. The van der Waals surface area contributed by atoms with Crippen molar-refractivity contribution in [1.29, 1.82) is 0 Å². The van der Waals surface area contributed by atoms with Crippen molar-refractivity contribution in [3.8, 4) is 0 Å². The molecular weight excluding hydrogens is 340 g/mol. The first-order valence-electron chi connectivity index (χ1n) is 9.43. The molecule has 1 aliphatic heterocycles. The minimum atomic E-state index is -0.345. The fourth-order valence-corrected chi connectivity index (χ4v) is 3.79. The van der Waals surface area contributed by atoms with Crippen LogP contribution in [-0.2, 0) is 0 Å². The van der Waals surface area contributed by atoms with Gasteiger partial charge >= 0.3 is 5.69 Å². The summed E-state index contributed by atoms with van der Waals surface area (Å²) < 4.78 is 1.35. The Balaban J connectivity index is 1.58. The summed E-state index contributed by atoms with van der Waals surface area (Å²) in [6, 6.07) is 15.9. The first-order chi connectivity index (χ1) is 13.1. The molecular formula is C21H24N4O2. The summed E-state index contributed by atoms with van der Waals surface area (Å²) in [5.41, 5.74) is 0.499. The summed E-state index contributed by atoms with van der Waals surface area (Å²) in [5, 5.41) is 8.86. The van der Waals surface area contributed by atoms with E-state index in [1.807, 2.05) is 19.1 Å². The van der Waals surface area contributed by atoms with Crippen LogP contribution in [0, 0.1) is 0 Å². The van der Waals surface area contributed by atoms with Gasteiger partial charge in [0.15, 0.2) is 0 Å². The molecule has 3 aromatic rings. The molecule has 140 valence electrons. The number of aromatic amines is 1. The molecule has 1 aliphatic rings. The van der Waals surface area contributed by atoms with Crippen LogP contribution in [0.5, 0.6) is 0 Å². The molecule has 0 amide bonds. The molecule has 4 rings (SSSR count). The van der Waals surface area contributed by atoms with Crippen LogP contribution in [0.1, 0.15) is 37.4 Å². The van der Waals surface area contributed by atoms with E-state index in [2.05, 4.69) is 45.9 Å². The smallest absolute Gasteiger partial charge is 0.330 e. The monoisotopic (exact) mass is 364 g/mol. The van der Waals surface area contributed by atoms with Gasteiger partial charge in [-0.25, -0.2) is 4.79 Å². The molecule has 1 fully saturated rings. The van der Waals surface area contributed by atoms with Gasteiger partial charge in [0.05, 0.1) is 0 Å². The van der Waals surface area contributed by atoms with Crippen LogP contribution in [0.15, 0.2) is 58.1 Å². The second-order valence-corrected chi connectivity index (χ2v) is 7.15. The highest BCUT2D eigenvalue weighted by Crippen LogP contribution is 2.22. The fraction of sp³-hybridized carbons (Fsp3) is 0.333. The van der Waals surface area contributed by atoms with Gasteiger partial charge in [-0.15, -0.1) is 0 Å². The van der Waals surface area contributed by atoms with E-state index in [-0.39, 0.29) is 23.3 Å². The summed E-state index contributed by atoms with van der Waals surface area (Å²) in [6.45, 7) is 3.67. The lowest BCUT2D eigenvalue weighted by Crippen LogP contribution is -2.42. The zero-order valence-corrected chi connectivity index (χ0v) is 15.4. The molecule has 2 aromatic carbocycles. The Morgan fingerprint density at radius 3 is 2.52 bits per heavy atom. The second kappa shape index (κ2) is 7.40. The third kappa shape index (κ3) is 3.66. The average Bonchev–Trinajstić information content (AvgIpc) is 2.68. The standard InChI is InChI=1S/C21H24N4O2/c1-14(16-7-6-15-4-2-3-5-17(15)12-16)23-19-13-20(26)25(21(27)24-19)18-8-10-22-11-9-18/h2-7,12-14,18,22-23H,8-11H2,1H3,(H,24,27)/t14-/m0/s1. The van der Waals surface area contributed by atoms with Crippen LogP contribution in [0.25, 0.3) is 10.8 Å². The van der Waals surface area contributed by atoms with Gasteiger partial charge in [-0.05, 0) is 55.3 Å². The maximum Gasteiger partial charge on any atom is 0.330 e. The third-order valence-electron chi connectivity index (χ3n) is 5.29.